The number of cyclic esters (lactones) is 1. The molecule has 0 fully saturated rings. The summed E-state index contributed by atoms with van der Waals surface area (Å²) in [5.74, 6) is -0.0948. The van der Waals surface area contributed by atoms with Crippen LogP contribution in [0.5, 0.6) is 0 Å². The Hall–Kier alpha value is -0.830. The second kappa shape index (κ2) is 5.81. The van der Waals surface area contributed by atoms with Crippen LogP contribution >= 0.6 is 0 Å². The third-order valence-electron chi connectivity index (χ3n) is 2.30. The number of allylic oxidation sites excluding steroid dienone is 1. The van der Waals surface area contributed by atoms with Crippen molar-refractivity contribution in [2.24, 2.45) is 0 Å². The van der Waals surface area contributed by atoms with Crippen LogP contribution in [-0.4, -0.2) is 25.3 Å². The fourth-order valence-electron chi connectivity index (χ4n) is 1.52. The third kappa shape index (κ3) is 3.92. The number of ether oxygens (including phenoxy) is 2. The van der Waals surface area contributed by atoms with Crippen LogP contribution < -0.4 is 0 Å². The first-order chi connectivity index (χ1) is 6.72. The van der Waals surface area contributed by atoms with Gasteiger partial charge in [0.15, 0.2) is 0 Å². The van der Waals surface area contributed by atoms with Crippen LogP contribution in [0.2, 0.25) is 0 Å². The molecule has 0 spiro atoms. The molecule has 3 nitrogen and oxygen atoms in total. The van der Waals surface area contributed by atoms with Crippen molar-refractivity contribution < 1.29 is 14.3 Å². The first-order valence-corrected chi connectivity index (χ1v) is 5.11. The van der Waals surface area contributed by atoms with E-state index in [-0.39, 0.29) is 18.2 Å². The Balaban J connectivity index is 2.55. The molecule has 0 aromatic rings. The summed E-state index contributed by atoms with van der Waals surface area (Å²) >= 11 is 0. The molecule has 0 amide bonds. The van der Waals surface area contributed by atoms with E-state index in [9.17, 15) is 4.79 Å². The van der Waals surface area contributed by atoms with E-state index < -0.39 is 0 Å². The summed E-state index contributed by atoms with van der Waals surface area (Å²) in [6, 6.07) is 0. The molecule has 0 saturated heterocycles. The molecule has 80 valence electrons. The van der Waals surface area contributed by atoms with E-state index >= 15 is 0 Å². The fourth-order valence-corrected chi connectivity index (χ4v) is 1.52. The molecule has 1 aliphatic heterocycles. The molecule has 0 bridgehead atoms. The third-order valence-corrected chi connectivity index (χ3v) is 2.30. The van der Waals surface area contributed by atoms with E-state index in [2.05, 4.69) is 12.2 Å². The second-order valence-corrected chi connectivity index (χ2v) is 3.63. The van der Waals surface area contributed by atoms with Gasteiger partial charge in [0.25, 0.3) is 0 Å². The van der Waals surface area contributed by atoms with Crippen molar-refractivity contribution in [3.63, 3.8) is 0 Å². The van der Waals surface area contributed by atoms with Gasteiger partial charge in [-0.15, -0.1) is 0 Å². The minimum absolute atomic E-state index is 0.0600. The van der Waals surface area contributed by atoms with Gasteiger partial charge in [-0.25, -0.2) is 0 Å². The zero-order valence-corrected chi connectivity index (χ0v) is 8.86. The van der Waals surface area contributed by atoms with Crippen molar-refractivity contribution in [1.29, 1.82) is 0 Å². The lowest BCUT2D eigenvalue weighted by atomic mass is 10.1. The Morgan fingerprint density at radius 2 is 2.36 bits per heavy atom. The van der Waals surface area contributed by atoms with Crippen LogP contribution in [0.25, 0.3) is 0 Å². The largest absolute Gasteiger partial charge is 0.463 e. The molecule has 3 heteroatoms. The molecule has 0 aliphatic carbocycles. The van der Waals surface area contributed by atoms with Crippen LogP contribution in [0.15, 0.2) is 12.2 Å². The van der Waals surface area contributed by atoms with Crippen LogP contribution in [0, 0.1) is 0 Å². The van der Waals surface area contributed by atoms with Crippen LogP contribution in [0.4, 0.5) is 0 Å². The predicted molar refractivity (Wildman–Crippen MR) is 54.0 cm³/mol. The molecular weight excluding hydrogens is 180 g/mol. The maximum atomic E-state index is 11.2. The molecule has 1 rings (SSSR count). The minimum Gasteiger partial charge on any atom is -0.463 e. The highest BCUT2D eigenvalue weighted by Gasteiger charge is 2.14. The monoisotopic (exact) mass is 198 g/mol. The molecule has 14 heavy (non-hydrogen) atoms. The highest BCUT2D eigenvalue weighted by atomic mass is 16.5. The van der Waals surface area contributed by atoms with E-state index in [1.807, 2.05) is 6.92 Å². The van der Waals surface area contributed by atoms with Gasteiger partial charge < -0.3 is 9.47 Å². The number of hydrogen-bond donors (Lipinski definition) is 0. The Labute approximate surface area is 85.1 Å². The van der Waals surface area contributed by atoms with Crippen molar-refractivity contribution in [2.75, 3.05) is 7.11 Å². The lowest BCUT2D eigenvalue weighted by Gasteiger charge is -2.18. The standard InChI is InChI=1S/C11H18O3/c1-9-8-10(13-2)6-4-3-5-7-11(12)14-9/h4,6,9-10H,3,5,7-8H2,1-2H3. The van der Waals surface area contributed by atoms with Gasteiger partial charge in [-0.3, -0.25) is 4.79 Å². The fraction of sp³-hybridized carbons (Fsp3) is 0.727. The maximum Gasteiger partial charge on any atom is 0.306 e. The van der Waals surface area contributed by atoms with Crippen molar-refractivity contribution in [1.82, 2.24) is 0 Å². The number of carbonyl (C=O) groups excluding carboxylic acids is 1. The summed E-state index contributed by atoms with van der Waals surface area (Å²) < 4.78 is 10.5. The summed E-state index contributed by atoms with van der Waals surface area (Å²) in [7, 11) is 1.68. The molecule has 0 saturated carbocycles. The molecular formula is C11H18O3. The Morgan fingerprint density at radius 1 is 1.57 bits per heavy atom. The summed E-state index contributed by atoms with van der Waals surface area (Å²) in [5, 5.41) is 0. The number of methoxy groups -OCH3 is 1. The smallest absolute Gasteiger partial charge is 0.306 e. The van der Waals surface area contributed by atoms with Crippen molar-refractivity contribution >= 4 is 5.97 Å². The Kier molecular flexibility index (Phi) is 4.66. The van der Waals surface area contributed by atoms with Crippen molar-refractivity contribution in [3.8, 4) is 0 Å². The highest BCUT2D eigenvalue weighted by molar-refractivity contribution is 5.69. The van der Waals surface area contributed by atoms with Crippen molar-refractivity contribution in [2.45, 2.75) is 44.8 Å². The normalized spacial score (nSPS) is 29.7. The summed E-state index contributed by atoms with van der Waals surface area (Å²) in [6.45, 7) is 1.90. The second-order valence-electron chi connectivity index (χ2n) is 3.63. The first-order valence-electron chi connectivity index (χ1n) is 5.11. The maximum absolute atomic E-state index is 11.2. The predicted octanol–water partition coefficient (Wildman–Crippen LogP) is 2.06. The topological polar surface area (TPSA) is 35.5 Å². The first kappa shape index (κ1) is 11.2. The van der Waals surface area contributed by atoms with Gasteiger partial charge in [0.1, 0.15) is 6.10 Å². The van der Waals surface area contributed by atoms with Gasteiger partial charge in [0, 0.05) is 20.0 Å². The minimum atomic E-state index is -0.0948. The molecule has 0 aromatic carbocycles. The van der Waals surface area contributed by atoms with E-state index in [4.69, 9.17) is 9.47 Å². The van der Waals surface area contributed by atoms with Gasteiger partial charge in [0.2, 0.25) is 0 Å². The van der Waals surface area contributed by atoms with Gasteiger partial charge in [-0.2, -0.15) is 0 Å². The molecule has 1 aliphatic rings. The van der Waals surface area contributed by atoms with E-state index in [1.165, 1.54) is 0 Å². The number of hydrogen-bond acceptors (Lipinski definition) is 3. The van der Waals surface area contributed by atoms with Gasteiger partial charge in [0.05, 0.1) is 6.10 Å². The number of carbonyl (C=O) groups is 1. The molecule has 2 atom stereocenters. The SMILES string of the molecule is COC1C=CCCCC(=O)OC(C)C1. The summed E-state index contributed by atoms with van der Waals surface area (Å²) in [6.07, 6.45) is 7.17. The highest BCUT2D eigenvalue weighted by Crippen LogP contribution is 2.12. The van der Waals surface area contributed by atoms with Crippen LogP contribution in [0.3, 0.4) is 0 Å². The Morgan fingerprint density at radius 3 is 3.07 bits per heavy atom. The van der Waals surface area contributed by atoms with E-state index in [0.717, 1.165) is 19.3 Å². The van der Waals surface area contributed by atoms with Crippen molar-refractivity contribution in [3.05, 3.63) is 12.2 Å². The molecule has 2 unspecified atom stereocenters. The van der Waals surface area contributed by atoms with E-state index in [1.54, 1.807) is 7.11 Å². The van der Waals surface area contributed by atoms with Gasteiger partial charge >= 0.3 is 5.97 Å². The van der Waals surface area contributed by atoms with E-state index in [0.29, 0.717) is 6.42 Å². The quantitative estimate of drug-likeness (QED) is 0.478. The summed E-state index contributed by atoms with van der Waals surface area (Å²) in [5.41, 5.74) is 0. The zero-order chi connectivity index (χ0) is 10.4. The average molecular weight is 198 g/mol. The van der Waals surface area contributed by atoms with Gasteiger partial charge in [-0.1, -0.05) is 12.2 Å². The summed E-state index contributed by atoms with van der Waals surface area (Å²) in [4.78, 5) is 11.2. The number of esters is 1. The molecule has 0 radical (unpaired) electrons. The molecule has 1 heterocycles. The Bertz CT molecular complexity index is 211. The average Bonchev–Trinajstić information content (AvgIpc) is 2.15. The zero-order valence-electron chi connectivity index (χ0n) is 8.86. The number of rotatable bonds is 1. The van der Waals surface area contributed by atoms with Gasteiger partial charge in [-0.05, 0) is 19.8 Å². The lowest BCUT2D eigenvalue weighted by Crippen LogP contribution is -2.22. The van der Waals surface area contributed by atoms with Crippen LogP contribution in [-0.2, 0) is 14.3 Å². The van der Waals surface area contributed by atoms with Crippen LogP contribution in [0.1, 0.15) is 32.6 Å². The molecule has 0 N–H and O–H groups in total. The lowest BCUT2D eigenvalue weighted by molar-refractivity contribution is -0.149. The molecule has 0 aromatic heterocycles.